The molecule has 0 atom stereocenters. The van der Waals surface area contributed by atoms with Crippen LogP contribution in [0.3, 0.4) is 0 Å². The summed E-state index contributed by atoms with van der Waals surface area (Å²) in [6.07, 6.45) is 0. The molecule has 0 bridgehead atoms. The first-order chi connectivity index (χ1) is 7.54. The van der Waals surface area contributed by atoms with E-state index in [9.17, 15) is 13.6 Å². The fourth-order valence-corrected chi connectivity index (χ4v) is 1.71. The smallest absolute Gasteiger partial charge is 0.354 e. The summed E-state index contributed by atoms with van der Waals surface area (Å²) in [4.78, 5) is 11.3. The lowest BCUT2D eigenvalue weighted by Crippen LogP contribution is -2.07. The lowest BCUT2D eigenvalue weighted by atomic mass is 10.2. The van der Waals surface area contributed by atoms with E-state index >= 15 is 0 Å². The maximum Gasteiger partial charge on any atom is 0.354 e. The van der Waals surface area contributed by atoms with Crippen LogP contribution in [-0.2, 0) is 11.8 Å². The van der Waals surface area contributed by atoms with Crippen LogP contribution in [-0.4, -0.2) is 17.6 Å². The Bertz CT molecular complexity index is 575. The minimum Gasteiger partial charge on any atom is -0.464 e. The van der Waals surface area contributed by atoms with E-state index in [0.717, 1.165) is 6.07 Å². The van der Waals surface area contributed by atoms with Gasteiger partial charge in [0, 0.05) is 18.5 Å². The van der Waals surface area contributed by atoms with Crippen molar-refractivity contribution < 1.29 is 18.3 Å². The average Bonchev–Trinajstić information content (AvgIpc) is 2.54. The largest absolute Gasteiger partial charge is 0.464 e. The molecule has 0 unspecified atom stereocenters. The Morgan fingerprint density at radius 2 is 2.00 bits per heavy atom. The summed E-state index contributed by atoms with van der Waals surface area (Å²) in [5.41, 5.74) is 0.365. The molecule has 0 spiro atoms. The molecule has 0 aliphatic carbocycles. The number of carbonyl (C=O) groups excluding carboxylic acids is 1. The van der Waals surface area contributed by atoms with Crippen molar-refractivity contribution in [3.63, 3.8) is 0 Å². The van der Waals surface area contributed by atoms with Gasteiger partial charge in [0.15, 0.2) is 0 Å². The molecule has 0 saturated carbocycles. The van der Waals surface area contributed by atoms with E-state index in [1.54, 1.807) is 0 Å². The molecular weight excluding hydrogens is 216 g/mol. The Balaban J connectivity index is 2.78. The van der Waals surface area contributed by atoms with E-state index in [1.165, 1.54) is 30.9 Å². The Morgan fingerprint density at radius 1 is 1.31 bits per heavy atom. The fraction of sp³-hybridized carbons (Fsp3) is 0.182. The third-order valence-electron chi connectivity index (χ3n) is 2.44. The van der Waals surface area contributed by atoms with Gasteiger partial charge in [-0.3, -0.25) is 0 Å². The summed E-state index contributed by atoms with van der Waals surface area (Å²) in [6.45, 7) is 0. The fourth-order valence-electron chi connectivity index (χ4n) is 1.71. The summed E-state index contributed by atoms with van der Waals surface area (Å²) in [5.74, 6) is -1.96. The van der Waals surface area contributed by atoms with Gasteiger partial charge in [0.2, 0.25) is 0 Å². The molecule has 2 rings (SSSR count). The maximum atomic E-state index is 13.5. The first-order valence-electron chi connectivity index (χ1n) is 4.57. The zero-order chi connectivity index (χ0) is 11.9. The first kappa shape index (κ1) is 10.6. The molecule has 1 aromatic carbocycles. The van der Waals surface area contributed by atoms with Gasteiger partial charge < -0.3 is 9.30 Å². The van der Waals surface area contributed by atoms with Gasteiger partial charge in [0.25, 0.3) is 0 Å². The van der Waals surface area contributed by atoms with E-state index in [1.807, 2.05) is 0 Å². The third-order valence-corrected chi connectivity index (χ3v) is 2.44. The number of methoxy groups -OCH3 is 1. The summed E-state index contributed by atoms with van der Waals surface area (Å²) >= 11 is 0. The number of hydrogen-bond donors (Lipinski definition) is 0. The molecule has 0 aliphatic rings. The SMILES string of the molecule is COC(=O)c1cc2cc(F)cc(F)c2n1C. The van der Waals surface area contributed by atoms with Crippen LogP contribution in [0.15, 0.2) is 18.2 Å². The van der Waals surface area contributed by atoms with Crippen molar-refractivity contribution in [3.8, 4) is 0 Å². The number of carbonyl (C=O) groups is 1. The van der Waals surface area contributed by atoms with Crippen LogP contribution < -0.4 is 0 Å². The van der Waals surface area contributed by atoms with Crippen molar-refractivity contribution in [3.05, 3.63) is 35.5 Å². The van der Waals surface area contributed by atoms with Crippen LogP contribution in [0, 0.1) is 11.6 Å². The van der Waals surface area contributed by atoms with E-state index in [-0.39, 0.29) is 11.2 Å². The highest BCUT2D eigenvalue weighted by Gasteiger charge is 2.16. The normalized spacial score (nSPS) is 10.8. The van der Waals surface area contributed by atoms with Gasteiger partial charge in [0.05, 0.1) is 12.6 Å². The average molecular weight is 225 g/mol. The number of nitrogens with zero attached hydrogens (tertiary/aromatic N) is 1. The lowest BCUT2D eigenvalue weighted by molar-refractivity contribution is 0.0590. The Kier molecular flexibility index (Phi) is 2.38. The van der Waals surface area contributed by atoms with Crippen LogP contribution in [0.4, 0.5) is 8.78 Å². The highest BCUT2D eigenvalue weighted by molar-refractivity contribution is 5.95. The van der Waals surface area contributed by atoms with Crippen molar-refractivity contribution in [2.24, 2.45) is 7.05 Å². The number of ether oxygens (including phenoxy) is 1. The number of esters is 1. The van der Waals surface area contributed by atoms with Crippen LogP contribution in [0.5, 0.6) is 0 Å². The van der Waals surface area contributed by atoms with Gasteiger partial charge >= 0.3 is 5.97 Å². The van der Waals surface area contributed by atoms with Crippen molar-refractivity contribution in [1.82, 2.24) is 4.57 Å². The Labute approximate surface area is 90.2 Å². The van der Waals surface area contributed by atoms with E-state index < -0.39 is 17.6 Å². The molecule has 0 amide bonds. The van der Waals surface area contributed by atoms with Crippen LogP contribution in [0.1, 0.15) is 10.5 Å². The summed E-state index contributed by atoms with van der Waals surface area (Å²) in [5, 5.41) is 0.334. The van der Waals surface area contributed by atoms with Gasteiger partial charge in [-0.15, -0.1) is 0 Å². The topological polar surface area (TPSA) is 31.2 Å². The number of benzene rings is 1. The molecule has 0 N–H and O–H groups in total. The van der Waals surface area contributed by atoms with Gasteiger partial charge in [0.1, 0.15) is 17.3 Å². The first-order valence-corrected chi connectivity index (χ1v) is 4.57. The van der Waals surface area contributed by atoms with Crippen molar-refractivity contribution in [2.75, 3.05) is 7.11 Å². The van der Waals surface area contributed by atoms with Crippen molar-refractivity contribution in [2.45, 2.75) is 0 Å². The molecule has 0 saturated heterocycles. The molecule has 1 heterocycles. The highest BCUT2D eigenvalue weighted by atomic mass is 19.1. The molecule has 2 aromatic rings. The van der Waals surface area contributed by atoms with Crippen LogP contribution in [0.2, 0.25) is 0 Å². The molecule has 84 valence electrons. The van der Waals surface area contributed by atoms with Gasteiger partial charge in [-0.05, 0) is 12.1 Å². The second-order valence-corrected chi connectivity index (χ2v) is 3.41. The zero-order valence-electron chi connectivity index (χ0n) is 8.75. The predicted octanol–water partition coefficient (Wildman–Crippen LogP) is 2.24. The molecule has 1 aromatic heterocycles. The maximum absolute atomic E-state index is 13.5. The number of aryl methyl sites for hydroxylation is 1. The molecule has 3 nitrogen and oxygen atoms in total. The minimum atomic E-state index is -0.701. The van der Waals surface area contributed by atoms with Gasteiger partial charge in [-0.1, -0.05) is 0 Å². The van der Waals surface area contributed by atoms with Crippen LogP contribution in [0.25, 0.3) is 10.9 Å². The molecule has 0 radical (unpaired) electrons. The molecule has 5 heteroatoms. The highest BCUT2D eigenvalue weighted by Crippen LogP contribution is 2.23. The molecular formula is C11H9F2NO2. The van der Waals surface area contributed by atoms with Crippen molar-refractivity contribution >= 4 is 16.9 Å². The van der Waals surface area contributed by atoms with Gasteiger partial charge in [-0.25, -0.2) is 13.6 Å². The summed E-state index contributed by atoms with van der Waals surface area (Å²) < 4.78 is 32.3. The predicted molar refractivity (Wildman–Crippen MR) is 54.2 cm³/mol. The molecule has 0 fully saturated rings. The number of halogens is 2. The second-order valence-electron chi connectivity index (χ2n) is 3.41. The third kappa shape index (κ3) is 1.44. The Hall–Kier alpha value is -1.91. The quantitative estimate of drug-likeness (QED) is 0.697. The summed E-state index contributed by atoms with van der Waals surface area (Å²) in [6, 6.07) is 3.35. The minimum absolute atomic E-state index is 0.182. The number of rotatable bonds is 1. The van der Waals surface area contributed by atoms with E-state index in [2.05, 4.69) is 4.74 Å². The second kappa shape index (κ2) is 3.59. The lowest BCUT2D eigenvalue weighted by Gasteiger charge is -2.02. The number of aromatic nitrogens is 1. The van der Waals surface area contributed by atoms with Gasteiger partial charge in [-0.2, -0.15) is 0 Å². The monoisotopic (exact) mass is 225 g/mol. The standard InChI is InChI=1S/C11H9F2NO2/c1-14-9(11(15)16-2)4-6-3-7(12)5-8(13)10(6)14/h3-5H,1-2H3. The van der Waals surface area contributed by atoms with Crippen LogP contribution >= 0.6 is 0 Å². The molecule has 16 heavy (non-hydrogen) atoms. The summed E-state index contributed by atoms with van der Waals surface area (Å²) in [7, 11) is 2.76. The number of hydrogen-bond acceptors (Lipinski definition) is 2. The Morgan fingerprint density at radius 3 is 2.62 bits per heavy atom. The van der Waals surface area contributed by atoms with Crippen molar-refractivity contribution in [1.29, 1.82) is 0 Å². The number of fused-ring (bicyclic) bond motifs is 1. The molecule has 0 aliphatic heterocycles. The van der Waals surface area contributed by atoms with E-state index in [0.29, 0.717) is 5.39 Å². The zero-order valence-corrected chi connectivity index (χ0v) is 8.75. The van der Waals surface area contributed by atoms with E-state index in [4.69, 9.17) is 0 Å².